The number of Topliss-reactive ketones (excluding diaryl/α,β-unsaturated/α-hetero) is 1. The van der Waals surface area contributed by atoms with E-state index < -0.39 is 5.97 Å². The lowest BCUT2D eigenvalue weighted by molar-refractivity contribution is 0.0600. The summed E-state index contributed by atoms with van der Waals surface area (Å²) in [5.41, 5.74) is 9.95. The van der Waals surface area contributed by atoms with Crippen LogP contribution in [0.1, 0.15) is 26.3 Å². The first-order valence-corrected chi connectivity index (χ1v) is 8.06. The number of nitrogens with two attached hydrogens (primary N) is 1. The number of ether oxygens (including phenoxy) is 1. The van der Waals surface area contributed by atoms with E-state index in [-0.39, 0.29) is 11.6 Å². The van der Waals surface area contributed by atoms with Gasteiger partial charge in [0.1, 0.15) is 5.82 Å². The monoisotopic (exact) mass is 345 g/mol. The molecule has 0 radical (unpaired) electrons. The molecule has 0 bridgehead atoms. The Kier molecular flexibility index (Phi) is 3.73. The van der Waals surface area contributed by atoms with E-state index in [9.17, 15) is 9.59 Å². The second-order valence-electron chi connectivity index (χ2n) is 5.98. The molecule has 6 heteroatoms. The van der Waals surface area contributed by atoms with Crippen LogP contribution in [0.25, 0.3) is 22.6 Å². The zero-order valence-corrected chi connectivity index (χ0v) is 14.0. The van der Waals surface area contributed by atoms with Gasteiger partial charge >= 0.3 is 5.97 Å². The first-order chi connectivity index (χ1) is 12.6. The number of methoxy groups -OCH3 is 1. The van der Waals surface area contributed by atoms with Crippen molar-refractivity contribution in [1.29, 1.82) is 0 Å². The number of ketones is 1. The molecule has 0 amide bonds. The van der Waals surface area contributed by atoms with Crippen LogP contribution in [0.5, 0.6) is 0 Å². The Labute approximate surface area is 149 Å². The predicted octanol–water partition coefficient (Wildman–Crippen LogP) is 2.92. The van der Waals surface area contributed by atoms with Gasteiger partial charge in [0.2, 0.25) is 0 Å². The molecule has 26 heavy (non-hydrogen) atoms. The van der Waals surface area contributed by atoms with Crippen LogP contribution >= 0.6 is 0 Å². The molecule has 1 aromatic heterocycles. The highest BCUT2D eigenvalue weighted by atomic mass is 16.5. The molecule has 1 aliphatic rings. The summed E-state index contributed by atoms with van der Waals surface area (Å²) in [5.74, 6) is 0.0782. The van der Waals surface area contributed by atoms with E-state index >= 15 is 0 Å². The number of esters is 1. The summed E-state index contributed by atoms with van der Waals surface area (Å²) in [5, 5.41) is 0. The van der Waals surface area contributed by atoms with Crippen LogP contribution in [-0.4, -0.2) is 28.8 Å². The molecule has 6 nitrogen and oxygen atoms in total. The normalized spacial score (nSPS) is 12.3. The number of hydrogen-bond donors (Lipinski definition) is 1. The summed E-state index contributed by atoms with van der Waals surface area (Å²) in [6.45, 7) is 0. The molecule has 0 fully saturated rings. The van der Waals surface area contributed by atoms with E-state index in [0.717, 1.165) is 11.1 Å². The highest BCUT2D eigenvalue weighted by Gasteiger charge is 2.27. The quantitative estimate of drug-likeness (QED) is 0.718. The van der Waals surface area contributed by atoms with Crippen molar-refractivity contribution in [2.24, 2.45) is 0 Å². The number of carbonyl (C=O) groups is 2. The molecule has 4 rings (SSSR count). The lowest BCUT2D eigenvalue weighted by atomic mass is 9.88. The van der Waals surface area contributed by atoms with Gasteiger partial charge in [0.05, 0.1) is 23.9 Å². The lowest BCUT2D eigenvalue weighted by Gasteiger charge is -2.19. The van der Waals surface area contributed by atoms with Crippen LogP contribution in [0.3, 0.4) is 0 Å². The van der Waals surface area contributed by atoms with Crippen molar-refractivity contribution in [3.05, 3.63) is 65.2 Å². The van der Waals surface area contributed by atoms with E-state index in [4.69, 9.17) is 10.5 Å². The third-order valence-electron chi connectivity index (χ3n) is 4.40. The van der Waals surface area contributed by atoms with Gasteiger partial charge in [-0.15, -0.1) is 0 Å². The van der Waals surface area contributed by atoms with E-state index in [1.807, 2.05) is 24.3 Å². The molecule has 0 unspecified atom stereocenters. The second kappa shape index (κ2) is 6.07. The van der Waals surface area contributed by atoms with Crippen molar-refractivity contribution in [2.45, 2.75) is 6.42 Å². The first kappa shape index (κ1) is 16.0. The lowest BCUT2D eigenvalue weighted by Crippen LogP contribution is -2.17. The molecule has 2 N–H and O–H groups in total. The third kappa shape index (κ3) is 2.52. The Morgan fingerprint density at radius 3 is 2.54 bits per heavy atom. The fourth-order valence-electron chi connectivity index (χ4n) is 3.12. The van der Waals surface area contributed by atoms with Crippen molar-refractivity contribution in [3.8, 4) is 22.6 Å². The Bertz CT molecular complexity index is 1040. The van der Waals surface area contributed by atoms with Gasteiger partial charge < -0.3 is 10.5 Å². The number of aromatic nitrogens is 2. The Hall–Kier alpha value is -3.54. The van der Waals surface area contributed by atoms with Crippen molar-refractivity contribution in [3.63, 3.8) is 0 Å². The minimum atomic E-state index is -0.415. The molecular formula is C20H15N3O3. The number of nitrogen functional groups attached to an aromatic ring is 1. The summed E-state index contributed by atoms with van der Waals surface area (Å²) >= 11 is 0. The fraction of sp³-hybridized carbons (Fsp3) is 0.100. The smallest absolute Gasteiger partial charge is 0.337 e. The van der Waals surface area contributed by atoms with Gasteiger partial charge in [-0.2, -0.15) is 0 Å². The summed E-state index contributed by atoms with van der Waals surface area (Å²) in [6, 6.07) is 14.4. The number of hydrogen-bond acceptors (Lipinski definition) is 6. The Morgan fingerprint density at radius 2 is 1.81 bits per heavy atom. The minimum Gasteiger partial charge on any atom is -0.465 e. The van der Waals surface area contributed by atoms with Gasteiger partial charge in [0.15, 0.2) is 11.6 Å². The van der Waals surface area contributed by atoms with Gasteiger partial charge in [0.25, 0.3) is 0 Å². The topological polar surface area (TPSA) is 95.2 Å². The van der Waals surface area contributed by atoms with Gasteiger partial charge in [-0.25, -0.2) is 14.8 Å². The third-order valence-corrected chi connectivity index (χ3v) is 4.40. The minimum absolute atomic E-state index is 0.0798. The van der Waals surface area contributed by atoms with Crippen LogP contribution in [0.2, 0.25) is 0 Å². The zero-order chi connectivity index (χ0) is 18.3. The molecule has 0 aliphatic heterocycles. The summed E-state index contributed by atoms with van der Waals surface area (Å²) in [6.07, 6.45) is 0.296. The first-order valence-electron chi connectivity index (χ1n) is 8.06. The summed E-state index contributed by atoms with van der Waals surface area (Å²) in [4.78, 5) is 32.9. The highest BCUT2D eigenvalue weighted by molar-refractivity contribution is 6.09. The number of fused-ring (bicyclic) bond motifs is 3. The van der Waals surface area contributed by atoms with Crippen LogP contribution in [0.4, 0.5) is 5.82 Å². The van der Waals surface area contributed by atoms with Crippen molar-refractivity contribution < 1.29 is 14.3 Å². The molecule has 2 aromatic carbocycles. The highest BCUT2D eigenvalue weighted by Crippen LogP contribution is 2.35. The Morgan fingerprint density at radius 1 is 1.08 bits per heavy atom. The van der Waals surface area contributed by atoms with E-state index in [1.54, 1.807) is 24.3 Å². The summed E-state index contributed by atoms with van der Waals surface area (Å²) < 4.78 is 4.70. The molecule has 0 saturated heterocycles. The molecule has 1 aliphatic carbocycles. The van der Waals surface area contributed by atoms with Crippen LogP contribution in [0.15, 0.2) is 48.5 Å². The number of carbonyl (C=O) groups excluding carboxylic acids is 2. The van der Waals surface area contributed by atoms with Crippen molar-refractivity contribution in [2.75, 3.05) is 12.8 Å². The Balaban J connectivity index is 1.85. The van der Waals surface area contributed by atoms with Crippen LogP contribution in [0, 0.1) is 0 Å². The average Bonchev–Trinajstić information content (AvgIpc) is 2.67. The number of rotatable bonds is 2. The van der Waals surface area contributed by atoms with Crippen LogP contribution < -0.4 is 5.73 Å². The molecule has 1 heterocycles. The standard InChI is InChI=1S/C20H15N3O3/c1-26-20(25)12-8-6-11(7-9-12)19-22-17-14-5-3-2-4-13(14)10-15(24)16(17)18(21)23-19/h2-9H,10H2,1H3,(H2,21,22,23). The van der Waals surface area contributed by atoms with Gasteiger partial charge in [-0.1, -0.05) is 36.4 Å². The largest absolute Gasteiger partial charge is 0.465 e. The van der Waals surface area contributed by atoms with Gasteiger partial charge in [-0.05, 0) is 17.7 Å². The number of nitrogens with zero attached hydrogens (tertiary/aromatic N) is 2. The second-order valence-corrected chi connectivity index (χ2v) is 5.98. The van der Waals surface area contributed by atoms with Crippen molar-refractivity contribution >= 4 is 17.6 Å². The predicted molar refractivity (Wildman–Crippen MR) is 96.7 cm³/mol. The van der Waals surface area contributed by atoms with E-state index in [2.05, 4.69) is 9.97 Å². The molecule has 0 saturated carbocycles. The average molecular weight is 345 g/mol. The van der Waals surface area contributed by atoms with Crippen LogP contribution in [-0.2, 0) is 11.2 Å². The molecular weight excluding hydrogens is 330 g/mol. The van der Waals surface area contributed by atoms with Gasteiger partial charge in [0, 0.05) is 17.5 Å². The SMILES string of the molecule is COC(=O)c1ccc(-c2nc(N)c3c(n2)-c2ccccc2CC3=O)cc1. The zero-order valence-electron chi connectivity index (χ0n) is 14.0. The number of benzene rings is 2. The maximum atomic E-state index is 12.5. The summed E-state index contributed by atoms with van der Waals surface area (Å²) in [7, 11) is 1.33. The van der Waals surface area contributed by atoms with E-state index in [1.165, 1.54) is 7.11 Å². The maximum absolute atomic E-state index is 12.5. The fourth-order valence-corrected chi connectivity index (χ4v) is 3.12. The molecule has 128 valence electrons. The van der Waals surface area contributed by atoms with Crippen molar-refractivity contribution in [1.82, 2.24) is 9.97 Å². The molecule has 3 aromatic rings. The number of anilines is 1. The maximum Gasteiger partial charge on any atom is 0.337 e. The van der Waals surface area contributed by atoms with E-state index in [0.29, 0.717) is 34.6 Å². The molecule has 0 atom stereocenters. The molecule has 0 spiro atoms. The van der Waals surface area contributed by atoms with Gasteiger partial charge in [-0.3, -0.25) is 4.79 Å².